The van der Waals surface area contributed by atoms with E-state index in [2.05, 4.69) is 34.2 Å². The maximum atomic E-state index is 9.49. The molecule has 0 amide bonds. The molecule has 0 atom stereocenters. The maximum absolute atomic E-state index is 9.49. The summed E-state index contributed by atoms with van der Waals surface area (Å²) in [6, 6.07) is 6.67. The predicted octanol–water partition coefficient (Wildman–Crippen LogP) is 5.30. The molecule has 2 aromatic rings. The van der Waals surface area contributed by atoms with Crippen molar-refractivity contribution >= 4 is 23.6 Å². The number of hydrogen-bond donors (Lipinski definition) is 0. The lowest BCUT2D eigenvalue weighted by Crippen LogP contribution is -2.24. The Hall–Kier alpha value is -2.39. The van der Waals surface area contributed by atoms with Crippen LogP contribution in [0.2, 0.25) is 0 Å². The summed E-state index contributed by atoms with van der Waals surface area (Å²) in [5.74, 6) is 1.19. The summed E-state index contributed by atoms with van der Waals surface area (Å²) in [6.45, 7) is 8.26. The molecular formula is C20H24N4OS. The van der Waals surface area contributed by atoms with Gasteiger partial charge in [-0.05, 0) is 63.8 Å². The van der Waals surface area contributed by atoms with E-state index in [-0.39, 0.29) is 0 Å². The van der Waals surface area contributed by atoms with Gasteiger partial charge in [-0.1, -0.05) is 0 Å². The molecule has 5 nitrogen and oxygen atoms in total. The highest BCUT2D eigenvalue weighted by Crippen LogP contribution is 2.45. The summed E-state index contributed by atoms with van der Waals surface area (Å²) in [5, 5.41) is 10.1. The first-order chi connectivity index (χ1) is 12.4. The van der Waals surface area contributed by atoms with E-state index in [0.29, 0.717) is 22.6 Å². The molecule has 1 heterocycles. The molecule has 26 heavy (non-hydrogen) atoms. The Morgan fingerprint density at radius 1 is 1.35 bits per heavy atom. The van der Waals surface area contributed by atoms with E-state index in [0.717, 1.165) is 41.1 Å². The quantitative estimate of drug-likeness (QED) is 0.512. The van der Waals surface area contributed by atoms with Gasteiger partial charge >= 0.3 is 0 Å². The standard InChI is InChI=1S/C20H24N4OS/c1-12(2)24(5)11-22-17-8-14(4)18(9-13(17)3)25-20-16(10-21)19(23-26-20)15-6-7-15/h8-9,11-12,15H,6-7H2,1-5H3. The van der Waals surface area contributed by atoms with E-state index in [4.69, 9.17) is 4.74 Å². The summed E-state index contributed by atoms with van der Waals surface area (Å²) in [4.78, 5) is 6.65. The molecule has 1 fully saturated rings. The second-order valence-corrected chi connectivity index (χ2v) is 7.86. The van der Waals surface area contributed by atoms with Crippen LogP contribution in [-0.4, -0.2) is 28.7 Å². The minimum atomic E-state index is 0.402. The molecule has 3 rings (SSSR count). The minimum Gasteiger partial charge on any atom is -0.443 e. The van der Waals surface area contributed by atoms with E-state index in [9.17, 15) is 5.26 Å². The van der Waals surface area contributed by atoms with Crippen molar-refractivity contribution in [3.05, 3.63) is 34.5 Å². The van der Waals surface area contributed by atoms with E-state index in [1.54, 1.807) is 0 Å². The van der Waals surface area contributed by atoms with Gasteiger partial charge in [0.05, 0.1) is 17.7 Å². The van der Waals surface area contributed by atoms with Crippen molar-refractivity contribution in [1.29, 1.82) is 5.26 Å². The fraction of sp³-hybridized carbons (Fsp3) is 0.450. The third-order valence-corrected chi connectivity index (χ3v) is 5.39. The number of aryl methyl sites for hydroxylation is 2. The highest BCUT2D eigenvalue weighted by atomic mass is 32.1. The molecule has 0 radical (unpaired) electrons. The molecule has 6 heteroatoms. The van der Waals surface area contributed by atoms with Gasteiger partial charge in [0.15, 0.2) is 0 Å². The average molecular weight is 369 g/mol. The number of rotatable bonds is 6. The van der Waals surface area contributed by atoms with Crippen molar-refractivity contribution in [3.63, 3.8) is 0 Å². The van der Waals surface area contributed by atoms with Crippen LogP contribution in [0.25, 0.3) is 0 Å². The lowest BCUT2D eigenvalue weighted by Gasteiger charge is -2.17. The van der Waals surface area contributed by atoms with Gasteiger partial charge in [-0.25, -0.2) is 4.99 Å². The topological polar surface area (TPSA) is 61.5 Å². The first-order valence-corrected chi connectivity index (χ1v) is 9.63. The molecule has 1 aromatic heterocycles. The van der Waals surface area contributed by atoms with Gasteiger partial charge in [0, 0.05) is 30.5 Å². The molecule has 1 aromatic carbocycles. The number of ether oxygens (including phenoxy) is 1. The Kier molecular flexibility index (Phi) is 5.28. The van der Waals surface area contributed by atoms with E-state index < -0.39 is 0 Å². The number of aliphatic imine (C=N–C) groups is 1. The Balaban J connectivity index is 1.84. The monoisotopic (exact) mass is 368 g/mol. The predicted molar refractivity (Wildman–Crippen MR) is 106 cm³/mol. The molecule has 1 aliphatic carbocycles. The molecule has 1 aliphatic rings. The van der Waals surface area contributed by atoms with Gasteiger partial charge in [-0.3, -0.25) is 0 Å². The van der Waals surface area contributed by atoms with Crippen molar-refractivity contribution in [1.82, 2.24) is 9.27 Å². The second-order valence-electron chi connectivity index (χ2n) is 7.13. The Morgan fingerprint density at radius 2 is 2.08 bits per heavy atom. The van der Waals surface area contributed by atoms with Gasteiger partial charge in [0.2, 0.25) is 5.06 Å². The summed E-state index contributed by atoms with van der Waals surface area (Å²) < 4.78 is 10.5. The smallest absolute Gasteiger partial charge is 0.218 e. The Bertz CT molecular complexity index is 875. The molecular weight excluding hydrogens is 344 g/mol. The molecule has 0 unspecified atom stereocenters. The third kappa shape index (κ3) is 3.88. The third-order valence-electron chi connectivity index (χ3n) is 4.65. The van der Waals surface area contributed by atoms with Crippen LogP contribution in [0.4, 0.5) is 5.69 Å². The van der Waals surface area contributed by atoms with Crippen LogP contribution < -0.4 is 4.74 Å². The average Bonchev–Trinajstić information content (AvgIpc) is 3.37. The SMILES string of the molecule is Cc1cc(Oc2snc(C3CC3)c2C#N)c(C)cc1N=CN(C)C(C)C. The van der Waals surface area contributed by atoms with Crippen molar-refractivity contribution in [2.75, 3.05) is 7.05 Å². The zero-order valence-electron chi connectivity index (χ0n) is 15.9. The van der Waals surface area contributed by atoms with Gasteiger partial charge in [-0.15, -0.1) is 0 Å². The van der Waals surface area contributed by atoms with Crippen LogP contribution in [0.5, 0.6) is 10.8 Å². The van der Waals surface area contributed by atoms with Crippen molar-refractivity contribution < 1.29 is 4.74 Å². The number of aromatic nitrogens is 1. The van der Waals surface area contributed by atoms with Crippen LogP contribution in [0.3, 0.4) is 0 Å². The number of hydrogen-bond acceptors (Lipinski definition) is 5. The fourth-order valence-corrected chi connectivity index (χ4v) is 3.29. The zero-order valence-corrected chi connectivity index (χ0v) is 16.7. The maximum Gasteiger partial charge on any atom is 0.218 e. The fourth-order valence-electron chi connectivity index (χ4n) is 2.50. The van der Waals surface area contributed by atoms with Crippen LogP contribution in [-0.2, 0) is 0 Å². The zero-order chi connectivity index (χ0) is 18.8. The Labute approximate surface area is 159 Å². The largest absolute Gasteiger partial charge is 0.443 e. The molecule has 0 bridgehead atoms. The summed E-state index contributed by atoms with van der Waals surface area (Å²) in [6.07, 6.45) is 4.09. The van der Waals surface area contributed by atoms with Crippen LogP contribution >= 0.6 is 11.5 Å². The second kappa shape index (κ2) is 7.46. The highest BCUT2D eigenvalue weighted by molar-refractivity contribution is 7.08. The molecule has 0 N–H and O–H groups in total. The summed E-state index contributed by atoms with van der Waals surface area (Å²) >= 11 is 1.27. The number of nitrogens with zero attached hydrogens (tertiary/aromatic N) is 4. The van der Waals surface area contributed by atoms with Crippen molar-refractivity contribution in [3.8, 4) is 16.9 Å². The van der Waals surface area contributed by atoms with Crippen LogP contribution in [0.15, 0.2) is 17.1 Å². The molecule has 1 saturated carbocycles. The minimum absolute atomic E-state index is 0.402. The number of benzene rings is 1. The first kappa shape index (κ1) is 18.4. The van der Waals surface area contributed by atoms with Gasteiger partial charge in [0.25, 0.3) is 0 Å². The molecule has 0 saturated heterocycles. The number of nitriles is 1. The van der Waals surface area contributed by atoms with Gasteiger partial charge in [-0.2, -0.15) is 9.64 Å². The van der Waals surface area contributed by atoms with Gasteiger partial charge < -0.3 is 9.64 Å². The lowest BCUT2D eigenvalue weighted by molar-refractivity contribution is 0.429. The van der Waals surface area contributed by atoms with E-state index in [1.807, 2.05) is 39.4 Å². The lowest BCUT2D eigenvalue weighted by atomic mass is 10.1. The van der Waals surface area contributed by atoms with Crippen molar-refractivity contribution in [2.45, 2.75) is 52.5 Å². The molecule has 0 spiro atoms. The highest BCUT2D eigenvalue weighted by Gasteiger charge is 2.31. The molecule has 136 valence electrons. The summed E-state index contributed by atoms with van der Waals surface area (Å²) in [5.41, 5.74) is 4.44. The molecule has 0 aliphatic heterocycles. The Morgan fingerprint density at radius 3 is 2.69 bits per heavy atom. The van der Waals surface area contributed by atoms with Gasteiger partial charge in [0.1, 0.15) is 17.4 Å². The summed E-state index contributed by atoms with van der Waals surface area (Å²) in [7, 11) is 2.01. The van der Waals surface area contributed by atoms with Crippen LogP contribution in [0, 0.1) is 25.2 Å². The van der Waals surface area contributed by atoms with E-state index >= 15 is 0 Å². The van der Waals surface area contributed by atoms with E-state index in [1.165, 1.54) is 11.5 Å². The first-order valence-electron chi connectivity index (χ1n) is 8.85. The van der Waals surface area contributed by atoms with Crippen LogP contribution in [0.1, 0.15) is 55.0 Å². The van der Waals surface area contributed by atoms with Crippen molar-refractivity contribution in [2.24, 2.45) is 4.99 Å². The normalized spacial score (nSPS) is 14.0.